The van der Waals surface area contributed by atoms with Crippen LogP contribution in [0.2, 0.25) is 0 Å². The SMILES string of the molecule is CC1CCN(Cc2ccc(C#CCO)s2)CC1C. The number of likely N-dealkylation sites (tertiary alicyclic amines) is 1. The number of hydrogen-bond acceptors (Lipinski definition) is 3. The first-order valence-electron chi connectivity index (χ1n) is 6.60. The monoisotopic (exact) mass is 263 g/mol. The predicted octanol–water partition coefficient (Wildman–Crippen LogP) is 2.57. The molecular formula is C15H21NOS. The highest BCUT2D eigenvalue weighted by atomic mass is 32.1. The van der Waals surface area contributed by atoms with E-state index in [1.807, 2.05) is 0 Å². The quantitative estimate of drug-likeness (QED) is 0.829. The second-order valence-corrected chi connectivity index (χ2v) is 6.37. The van der Waals surface area contributed by atoms with Crippen molar-refractivity contribution in [2.24, 2.45) is 11.8 Å². The summed E-state index contributed by atoms with van der Waals surface area (Å²) in [5, 5.41) is 8.67. The molecule has 2 unspecified atom stereocenters. The molecule has 2 rings (SSSR count). The Morgan fingerprint density at radius 1 is 1.39 bits per heavy atom. The minimum Gasteiger partial charge on any atom is -0.384 e. The summed E-state index contributed by atoms with van der Waals surface area (Å²) in [5.41, 5.74) is 0. The average Bonchev–Trinajstić information content (AvgIpc) is 2.79. The van der Waals surface area contributed by atoms with Crippen LogP contribution in [0.1, 0.15) is 30.0 Å². The van der Waals surface area contributed by atoms with Gasteiger partial charge in [0.25, 0.3) is 0 Å². The fourth-order valence-corrected chi connectivity index (χ4v) is 3.29. The number of nitrogens with zero attached hydrogens (tertiary/aromatic N) is 1. The molecule has 1 aliphatic rings. The van der Waals surface area contributed by atoms with Gasteiger partial charge in [0.1, 0.15) is 6.61 Å². The first-order valence-corrected chi connectivity index (χ1v) is 7.41. The molecule has 2 nitrogen and oxygen atoms in total. The van der Waals surface area contributed by atoms with Gasteiger partial charge >= 0.3 is 0 Å². The Bertz CT molecular complexity index is 443. The Kier molecular flexibility index (Phi) is 4.82. The highest BCUT2D eigenvalue weighted by Crippen LogP contribution is 2.25. The van der Waals surface area contributed by atoms with Crippen molar-refractivity contribution in [2.75, 3.05) is 19.7 Å². The van der Waals surface area contributed by atoms with E-state index in [2.05, 4.69) is 42.7 Å². The molecule has 0 radical (unpaired) electrons. The Morgan fingerprint density at radius 3 is 2.94 bits per heavy atom. The van der Waals surface area contributed by atoms with Crippen LogP contribution in [0.3, 0.4) is 0 Å². The fraction of sp³-hybridized carbons (Fsp3) is 0.600. The van der Waals surface area contributed by atoms with Crippen molar-refractivity contribution in [3.8, 4) is 11.8 Å². The molecule has 1 fully saturated rings. The van der Waals surface area contributed by atoms with E-state index in [0.29, 0.717) is 0 Å². The van der Waals surface area contributed by atoms with E-state index in [9.17, 15) is 0 Å². The van der Waals surface area contributed by atoms with Gasteiger partial charge in [-0.3, -0.25) is 4.90 Å². The molecule has 1 aromatic rings. The van der Waals surface area contributed by atoms with Gasteiger partial charge in [-0.2, -0.15) is 0 Å². The van der Waals surface area contributed by atoms with E-state index in [1.165, 1.54) is 24.4 Å². The van der Waals surface area contributed by atoms with Crippen LogP contribution in [0, 0.1) is 23.7 Å². The molecule has 18 heavy (non-hydrogen) atoms. The molecule has 0 bridgehead atoms. The van der Waals surface area contributed by atoms with E-state index in [4.69, 9.17) is 5.11 Å². The molecule has 1 aliphatic heterocycles. The van der Waals surface area contributed by atoms with Crippen LogP contribution >= 0.6 is 11.3 Å². The van der Waals surface area contributed by atoms with Gasteiger partial charge in [0.05, 0.1) is 4.88 Å². The first kappa shape index (κ1) is 13.6. The standard InChI is InChI=1S/C15H21NOS/c1-12-7-8-16(10-13(12)2)11-15-6-5-14(18-15)4-3-9-17/h5-6,12-13,17H,7-11H2,1-2H3. The largest absolute Gasteiger partial charge is 0.384 e. The molecule has 1 N–H and O–H groups in total. The molecule has 0 amide bonds. The maximum atomic E-state index is 8.67. The predicted molar refractivity (Wildman–Crippen MR) is 76.5 cm³/mol. The lowest BCUT2D eigenvalue weighted by molar-refractivity contribution is 0.133. The number of aliphatic hydroxyl groups is 1. The Balaban J connectivity index is 1.91. The van der Waals surface area contributed by atoms with Crippen LogP contribution in [-0.2, 0) is 6.54 Å². The lowest BCUT2D eigenvalue weighted by Crippen LogP contribution is -2.37. The van der Waals surface area contributed by atoms with Gasteiger partial charge in [-0.05, 0) is 36.9 Å². The Morgan fingerprint density at radius 2 is 2.22 bits per heavy atom. The molecule has 1 saturated heterocycles. The molecule has 0 spiro atoms. The zero-order valence-corrected chi connectivity index (χ0v) is 12.0. The Labute approximate surface area is 114 Å². The molecule has 1 aromatic heterocycles. The molecule has 0 aromatic carbocycles. The van der Waals surface area contributed by atoms with Crippen LogP contribution in [-0.4, -0.2) is 29.7 Å². The normalized spacial score (nSPS) is 24.6. The van der Waals surface area contributed by atoms with E-state index >= 15 is 0 Å². The highest BCUT2D eigenvalue weighted by Gasteiger charge is 2.22. The second kappa shape index (κ2) is 6.38. The summed E-state index contributed by atoms with van der Waals surface area (Å²) in [7, 11) is 0. The van der Waals surface area contributed by atoms with E-state index in [0.717, 1.165) is 23.3 Å². The van der Waals surface area contributed by atoms with Gasteiger partial charge in [0.2, 0.25) is 0 Å². The van der Waals surface area contributed by atoms with Crippen LogP contribution in [0.25, 0.3) is 0 Å². The summed E-state index contributed by atoms with van der Waals surface area (Å²) in [5.74, 6) is 7.32. The highest BCUT2D eigenvalue weighted by molar-refractivity contribution is 7.12. The number of aliphatic hydroxyl groups excluding tert-OH is 1. The van der Waals surface area contributed by atoms with E-state index in [-0.39, 0.29) is 6.61 Å². The third kappa shape index (κ3) is 3.58. The van der Waals surface area contributed by atoms with Crippen molar-refractivity contribution in [3.63, 3.8) is 0 Å². The average molecular weight is 263 g/mol. The number of hydrogen-bond donors (Lipinski definition) is 1. The van der Waals surface area contributed by atoms with Gasteiger partial charge in [0, 0.05) is 18.0 Å². The molecule has 98 valence electrons. The molecular weight excluding hydrogens is 242 g/mol. The van der Waals surface area contributed by atoms with Crippen LogP contribution in [0.4, 0.5) is 0 Å². The summed E-state index contributed by atoms with van der Waals surface area (Å²) >= 11 is 1.74. The van der Waals surface area contributed by atoms with E-state index < -0.39 is 0 Å². The number of thiophene rings is 1. The van der Waals surface area contributed by atoms with Gasteiger partial charge in [-0.1, -0.05) is 25.7 Å². The third-order valence-electron chi connectivity index (χ3n) is 3.75. The van der Waals surface area contributed by atoms with Crippen molar-refractivity contribution in [1.29, 1.82) is 0 Å². The van der Waals surface area contributed by atoms with Crippen molar-refractivity contribution in [2.45, 2.75) is 26.8 Å². The minimum absolute atomic E-state index is 0.0608. The number of rotatable bonds is 2. The lowest BCUT2D eigenvalue weighted by Gasteiger charge is -2.34. The second-order valence-electron chi connectivity index (χ2n) is 5.20. The zero-order chi connectivity index (χ0) is 13.0. The fourth-order valence-electron chi connectivity index (χ4n) is 2.37. The van der Waals surface area contributed by atoms with E-state index in [1.54, 1.807) is 11.3 Å². The van der Waals surface area contributed by atoms with Crippen molar-refractivity contribution in [1.82, 2.24) is 4.90 Å². The molecule has 2 atom stereocenters. The summed E-state index contributed by atoms with van der Waals surface area (Å²) in [6.07, 6.45) is 1.31. The van der Waals surface area contributed by atoms with Crippen molar-refractivity contribution in [3.05, 3.63) is 21.9 Å². The Hall–Kier alpha value is -0.820. The first-order chi connectivity index (χ1) is 8.69. The smallest absolute Gasteiger partial charge is 0.104 e. The summed E-state index contributed by atoms with van der Waals surface area (Å²) in [4.78, 5) is 4.97. The summed E-state index contributed by atoms with van der Waals surface area (Å²) in [6.45, 7) is 8.11. The van der Waals surface area contributed by atoms with Crippen LogP contribution < -0.4 is 0 Å². The third-order valence-corrected chi connectivity index (χ3v) is 4.74. The van der Waals surface area contributed by atoms with Crippen molar-refractivity contribution >= 4 is 11.3 Å². The maximum absolute atomic E-state index is 8.67. The van der Waals surface area contributed by atoms with Crippen LogP contribution in [0.5, 0.6) is 0 Å². The van der Waals surface area contributed by atoms with Gasteiger partial charge in [-0.15, -0.1) is 11.3 Å². The van der Waals surface area contributed by atoms with Gasteiger partial charge < -0.3 is 5.11 Å². The summed E-state index contributed by atoms with van der Waals surface area (Å²) in [6, 6.07) is 4.22. The topological polar surface area (TPSA) is 23.5 Å². The van der Waals surface area contributed by atoms with Gasteiger partial charge in [0.15, 0.2) is 0 Å². The molecule has 3 heteroatoms. The van der Waals surface area contributed by atoms with Crippen LogP contribution in [0.15, 0.2) is 12.1 Å². The lowest BCUT2D eigenvalue weighted by atomic mass is 9.89. The summed E-state index contributed by atoms with van der Waals surface area (Å²) < 4.78 is 0. The van der Waals surface area contributed by atoms with Gasteiger partial charge in [-0.25, -0.2) is 0 Å². The van der Waals surface area contributed by atoms with Crippen molar-refractivity contribution < 1.29 is 5.11 Å². The maximum Gasteiger partial charge on any atom is 0.104 e. The minimum atomic E-state index is -0.0608. The number of piperidine rings is 1. The molecule has 0 aliphatic carbocycles. The molecule has 0 saturated carbocycles. The molecule has 2 heterocycles. The zero-order valence-electron chi connectivity index (χ0n) is 11.1.